The summed E-state index contributed by atoms with van der Waals surface area (Å²) >= 11 is 0. The van der Waals surface area contributed by atoms with E-state index < -0.39 is 11.9 Å². The minimum absolute atomic E-state index is 0.257. The smallest absolute Gasteiger partial charge is 0.307 e. The van der Waals surface area contributed by atoms with Gasteiger partial charge in [-0.1, -0.05) is 6.92 Å². The van der Waals surface area contributed by atoms with Crippen LogP contribution in [0.25, 0.3) is 0 Å². The second kappa shape index (κ2) is 2.67. The van der Waals surface area contributed by atoms with E-state index in [4.69, 9.17) is 10.8 Å². The topological polar surface area (TPSA) is 63.3 Å². The molecule has 8 heavy (non-hydrogen) atoms. The van der Waals surface area contributed by atoms with Gasteiger partial charge < -0.3 is 10.8 Å². The zero-order valence-corrected chi connectivity index (χ0v) is 5.09. The Morgan fingerprint density at radius 1 is 1.62 bits per heavy atom. The highest BCUT2D eigenvalue weighted by atomic mass is 16.4. The van der Waals surface area contributed by atoms with Crippen LogP contribution in [0, 0.1) is 5.92 Å². The molecular formula is C5H11NO2. The summed E-state index contributed by atoms with van der Waals surface area (Å²) in [6.07, 6.45) is 0. The van der Waals surface area contributed by atoms with Gasteiger partial charge in [0.15, 0.2) is 0 Å². The summed E-state index contributed by atoms with van der Waals surface area (Å²) in [6.45, 7) is 3.27. The Morgan fingerprint density at radius 2 is 2.00 bits per heavy atom. The van der Waals surface area contributed by atoms with Gasteiger partial charge >= 0.3 is 5.97 Å². The normalized spacial score (nSPS) is 17.4. The second-order valence-electron chi connectivity index (χ2n) is 1.99. The number of aliphatic carboxylic acids is 1. The van der Waals surface area contributed by atoms with Crippen LogP contribution in [0.5, 0.6) is 0 Å². The van der Waals surface area contributed by atoms with Crippen molar-refractivity contribution >= 4 is 5.97 Å². The lowest BCUT2D eigenvalue weighted by Gasteiger charge is -2.07. The number of hydrogen-bond donors (Lipinski definition) is 2. The molecule has 0 amide bonds. The first-order chi connectivity index (χ1) is 3.55. The van der Waals surface area contributed by atoms with Crippen LogP contribution < -0.4 is 5.73 Å². The Morgan fingerprint density at radius 3 is 2.00 bits per heavy atom. The van der Waals surface area contributed by atoms with Crippen LogP contribution >= 0.6 is 0 Å². The summed E-state index contributed by atoms with van der Waals surface area (Å²) in [5, 5.41) is 8.27. The summed E-state index contributed by atoms with van der Waals surface area (Å²) < 4.78 is 0. The van der Waals surface area contributed by atoms with Gasteiger partial charge in [0.25, 0.3) is 0 Å². The minimum atomic E-state index is -0.833. The zero-order valence-electron chi connectivity index (χ0n) is 5.09. The van der Waals surface area contributed by atoms with Gasteiger partial charge in [0.2, 0.25) is 0 Å². The third-order valence-electron chi connectivity index (χ3n) is 1.18. The highest BCUT2D eigenvalue weighted by molar-refractivity contribution is 5.70. The monoisotopic (exact) mass is 117 g/mol. The molecule has 0 aromatic rings. The van der Waals surface area contributed by atoms with Crippen molar-refractivity contribution in [1.29, 1.82) is 0 Å². The van der Waals surface area contributed by atoms with Crippen LogP contribution in [0.1, 0.15) is 13.8 Å². The van der Waals surface area contributed by atoms with E-state index in [-0.39, 0.29) is 6.04 Å². The first-order valence-corrected chi connectivity index (χ1v) is 2.54. The highest BCUT2D eigenvalue weighted by Gasteiger charge is 2.14. The molecule has 48 valence electrons. The van der Waals surface area contributed by atoms with E-state index in [2.05, 4.69) is 0 Å². The summed E-state index contributed by atoms with van der Waals surface area (Å²) in [5.74, 6) is -1.27. The molecule has 0 radical (unpaired) electrons. The van der Waals surface area contributed by atoms with E-state index >= 15 is 0 Å². The van der Waals surface area contributed by atoms with Crippen molar-refractivity contribution in [3.63, 3.8) is 0 Å². The molecule has 3 nitrogen and oxygen atoms in total. The van der Waals surface area contributed by atoms with E-state index in [9.17, 15) is 4.79 Å². The quantitative estimate of drug-likeness (QED) is 0.537. The number of hydrogen-bond acceptors (Lipinski definition) is 2. The van der Waals surface area contributed by atoms with Crippen molar-refractivity contribution in [3.8, 4) is 0 Å². The predicted molar refractivity (Wildman–Crippen MR) is 30.4 cm³/mol. The van der Waals surface area contributed by atoms with E-state index in [1.165, 1.54) is 0 Å². The van der Waals surface area contributed by atoms with Crippen LogP contribution in [0.15, 0.2) is 0 Å². The van der Waals surface area contributed by atoms with Crippen molar-refractivity contribution in [2.45, 2.75) is 19.9 Å². The molecule has 0 spiro atoms. The molecule has 2 atom stereocenters. The molecule has 0 saturated carbocycles. The molecule has 0 aliphatic heterocycles. The maximum Gasteiger partial charge on any atom is 0.307 e. The maximum atomic E-state index is 10.1. The molecular weight excluding hydrogens is 106 g/mol. The van der Waals surface area contributed by atoms with Gasteiger partial charge in [-0.3, -0.25) is 4.79 Å². The number of carboxylic acids is 1. The van der Waals surface area contributed by atoms with Crippen molar-refractivity contribution in [2.75, 3.05) is 0 Å². The van der Waals surface area contributed by atoms with Gasteiger partial charge in [0.05, 0.1) is 5.92 Å². The fourth-order valence-electron chi connectivity index (χ4n) is 0.225. The maximum absolute atomic E-state index is 10.1. The number of nitrogens with two attached hydrogens (primary N) is 1. The molecule has 0 bridgehead atoms. The van der Waals surface area contributed by atoms with Crippen molar-refractivity contribution < 1.29 is 9.90 Å². The Labute approximate surface area is 48.5 Å². The average molecular weight is 117 g/mol. The molecule has 3 N–H and O–H groups in total. The van der Waals surface area contributed by atoms with Crippen molar-refractivity contribution in [1.82, 2.24) is 0 Å². The molecule has 0 fully saturated rings. The third kappa shape index (κ3) is 1.93. The Bertz CT molecular complexity index is 90.4. The van der Waals surface area contributed by atoms with E-state index in [1.807, 2.05) is 0 Å². The lowest BCUT2D eigenvalue weighted by atomic mass is 10.1. The fraction of sp³-hybridized carbons (Fsp3) is 0.800. The van der Waals surface area contributed by atoms with Crippen LogP contribution in [0.4, 0.5) is 0 Å². The molecule has 0 aliphatic carbocycles. The van der Waals surface area contributed by atoms with Crippen LogP contribution in [0.3, 0.4) is 0 Å². The van der Waals surface area contributed by atoms with Gasteiger partial charge in [-0.25, -0.2) is 0 Å². The first-order valence-electron chi connectivity index (χ1n) is 2.54. The summed E-state index contributed by atoms with van der Waals surface area (Å²) in [6, 6.07) is -0.257. The molecule has 0 heterocycles. The summed E-state index contributed by atoms with van der Waals surface area (Å²) in [5.41, 5.74) is 5.26. The van der Waals surface area contributed by atoms with Gasteiger partial charge in [-0.05, 0) is 6.92 Å². The van der Waals surface area contributed by atoms with Gasteiger partial charge in [0, 0.05) is 6.04 Å². The van der Waals surface area contributed by atoms with Crippen molar-refractivity contribution in [2.24, 2.45) is 11.7 Å². The van der Waals surface area contributed by atoms with Crippen LogP contribution in [-0.4, -0.2) is 17.1 Å². The Kier molecular flexibility index (Phi) is 2.48. The first kappa shape index (κ1) is 7.43. The summed E-state index contributed by atoms with van der Waals surface area (Å²) in [4.78, 5) is 10.1. The molecule has 3 heteroatoms. The Balaban J connectivity index is 3.64. The highest BCUT2D eigenvalue weighted by Crippen LogP contribution is 1.97. The number of rotatable bonds is 2. The average Bonchev–Trinajstić information content (AvgIpc) is 1.64. The predicted octanol–water partition coefficient (Wildman–Crippen LogP) is 0.0543. The Hall–Kier alpha value is -0.570. The van der Waals surface area contributed by atoms with E-state index in [0.29, 0.717) is 0 Å². The van der Waals surface area contributed by atoms with Gasteiger partial charge in [-0.2, -0.15) is 0 Å². The fourth-order valence-corrected chi connectivity index (χ4v) is 0.225. The van der Waals surface area contributed by atoms with E-state index in [0.717, 1.165) is 0 Å². The molecule has 0 rings (SSSR count). The van der Waals surface area contributed by atoms with Crippen LogP contribution in [0.2, 0.25) is 0 Å². The zero-order chi connectivity index (χ0) is 6.73. The molecule has 0 unspecified atom stereocenters. The molecule has 0 aliphatic rings. The lowest BCUT2D eigenvalue weighted by molar-refractivity contribution is -0.141. The lowest BCUT2D eigenvalue weighted by Crippen LogP contribution is -2.30. The summed E-state index contributed by atoms with van der Waals surface area (Å²) in [7, 11) is 0. The molecule has 0 aromatic carbocycles. The minimum Gasteiger partial charge on any atom is -0.481 e. The standard InChI is InChI=1S/C5H11NO2/c1-3(4(2)6)5(7)8/h3-4H,6H2,1-2H3,(H,7,8)/t3-,4+/m1/s1. The molecule has 0 saturated heterocycles. The van der Waals surface area contributed by atoms with Crippen LogP contribution in [-0.2, 0) is 4.79 Å². The third-order valence-corrected chi connectivity index (χ3v) is 1.18. The largest absolute Gasteiger partial charge is 0.481 e. The van der Waals surface area contributed by atoms with E-state index in [1.54, 1.807) is 13.8 Å². The van der Waals surface area contributed by atoms with Gasteiger partial charge in [-0.15, -0.1) is 0 Å². The SMILES string of the molecule is C[C@H](N)[C@@H](C)C(=O)O. The number of carboxylic acid groups (broad SMARTS) is 1. The second-order valence-corrected chi connectivity index (χ2v) is 1.99. The van der Waals surface area contributed by atoms with Gasteiger partial charge in [0.1, 0.15) is 0 Å². The number of carbonyl (C=O) groups is 1. The molecule has 0 aromatic heterocycles. The van der Waals surface area contributed by atoms with Crippen molar-refractivity contribution in [3.05, 3.63) is 0 Å².